The third-order valence-electron chi connectivity index (χ3n) is 3.68. The number of hydrogen-bond acceptors (Lipinski definition) is 4. The Morgan fingerprint density at radius 1 is 1.48 bits per heavy atom. The summed E-state index contributed by atoms with van der Waals surface area (Å²) in [6.45, 7) is 3.69. The van der Waals surface area contributed by atoms with Gasteiger partial charge in [-0.2, -0.15) is 4.31 Å². The Balaban J connectivity index is 2.30. The minimum absolute atomic E-state index is 0.161. The molecule has 1 aromatic carbocycles. The predicted octanol–water partition coefficient (Wildman–Crippen LogP) is 2.11. The summed E-state index contributed by atoms with van der Waals surface area (Å²) in [7, 11) is -2.14. The molecule has 1 unspecified atom stereocenters. The summed E-state index contributed by atoms with van der Waals surface area (Å²) in [5, 5.41) is 3.77. The second kappa shape index (κ2) is 6.96. The zero-order valence-corrected chi connectivity index (χ0v) is 13.9. The number of halogens is 1. The van der Waals surface area contributed by atoms with Gasteiger partial charge in [-0.3, -0.25) is 0 Å². The predicted molar refractivity (Wildman–Crippen MR) is 83.5 cm³/mol. The molecule has 21 heavy (non-hydrogen) atoms. The van der Waals surface area contributed by atoms with Crippen molar-refractivity contribution in [2.45, 2.75) is 30.7 Å². The molecule has 1 aliphatic heterocycles. The molecule has 1 N–H and O–H groups in total. The first-order valence-electron chi connectivity index (χ1n) is 7.06. The largest absolute Gasteiger partial charge is 0.495 e. The number of hydrogen-bond donors (Lipinski definition) is 1. The third-order valence-corrected chi connectivity index (χ3v) is 5.90. The van der Waals surface area contributed by atoms with Crippen LogP contribution in [0.2, 0.25) is 5.02 Å². The Hall–Kier alpha value is -0.820. The topological polar surface area (TPSA) is 58.6 Å². The van der Waals surface area contributed by atoms with E-state index in [9.17, 15) is 8.42 Å². The zero-order valence-electron chi connectivity index (χ0n) is 12.3. The number of rotatable bonds is 6. The smallest absolute Gasteiger partial charge is 0.246 e. The van der Waals surface area contributed by atoms with Gasteiger partial charge >= 0.3 is 0 Å². The Bertz CT molecular complexity index is 586. The van der Waals surface area contributed by atoms with Crippen LogP contribution in [0.15, 0.2) is 23.1 Å². The SMILES string of the molecule is CCN(CC1CCCN1)S(=O)(=O)c1ccc(Cl)cc1OC. The summed E-state index contributed by atoms with van der Waals surface area (Å²) in [5.41, 5.74) is 0. The summed E-state index contributed by atoms with van der Waals surface area (Å²) < 4.78 is 32.3. The van der Waals surface area contributed by atoms with Crippen molar-refractivity contribution in [3.63, 3.8) is 0 Å². The molecule has 7 heteroatoms. The fourth-order valence-corrected chi connectivity index (χ4v) is 4.34. The van der Waals surface area contributed by atoms with Crippen LogP contribution in [0.5, 0.6) is 5.75 Å². The van der Waals surface area contributed by atoms with Gasteiger partial charge in [-0.15, -0.1) is 0 Å². The Kier molecular flexibility index (Phi) is 5.48. The molecule has 1 aliphatic rings. The maximum absolute atomic E-state index is 12.8. The van der Waals surface area contributed by atoms with Gasteiger partial charge in [-0.1, -0.05) is 18.5 Å². The Morgan fingerprint density at radius 3 is 2.81 bits per heavy atom. The number of likely N-dealkylation sites (N-methyl/N-ethyl adjacent to an activating group) is 1. The average Bonchev–Trinajstić information content (AvgIpc) is 2.97. The van der Waals surface area contributed by atoms with E-state index in [0.29, 0.717) is 18.1 Å². The maximum Gasteiger partial charge on any atom is 0.246 e. The molecule has 0 aliphatic carbocycles. The van der Waals surface area contributed by atoms with Gasteiger partial charge in [0.2, 0.25) is 10.0 Å². The van der Waals surface area contributed by atoms with Crippen molar-refractivity contribution in [1.29, 1.82) is 0 Å². The third kappa shape index (κ3) is 3.69. The molecule has 0 bridgehead atoms. The Labute approximate surface area is 131 Å². The monoisotopic (exact) mass is 332 g/mol. The van der Waals surface area contributed by atoms with Gasteiger partial charge in [-0.25, -0.2) is 8.42 Å². The lowest BCUT2D eigenvalue weighted by molar-refractivity contribution is 0.373. The van der Waals surface area contributed by atoms with Crippen LogP contribution in [0.25, 0.3) is 0 Å². The first-order chi connectivity index (χ1) is 9.98. The van der Waals surface area contributed by atoms with Crippen LogP contribution in [0, 0.1) is 0 Å². The number of methoxy groups -OCH3 is 1. The van der Waals surface area contributed by atoms with Crippen molar-refractivity contribution in [3.05, 3.63) is 23.2 Å². The highest BCUT2D eigenvalue weighted by molar-refractivity contribution is 7.89. The molecule has 5 nitrogen and oxygen atoms in total. The zero-order chi connectivity index (χ0) is 15.5. The highest BCUT2D eigenvalue weighted by Gasteiger charge is 2.29. The molecular weight excluding hydrogens is 312 g/mol. The second-order valence-electron chi connectivity index (χ2n) is 5.04. The normalized spacial score (nSPS) is 19.1. The number of nitrogens with one attached hydrogen (secondary N) is 1. The van der Waals surface area contributed by atoms with E-state index >= 15 is 0 Å². The van der Waals surface area contributed by atoms with Gasteiger partial charge in [0.1, 0.15) is 10.6 Å². The van der Waals surface area contributed by atoms with Crippen molar-refractivity contribution in [3.8, 4) is 5.75 Å². The molecule has 1 heterocycles. The quantitative estimate of drug-likeness (QED) is 0.866. The van der Waals surface area contributed by atoms with Crippen LogP contribution in [-0.4, -0.2) is 45.5 Å². The van der Waals surface area contributed by atoms with Crippen LogP contribution < -0.4 is 10.1 Å². The molecular formula is C14H21ClN2O3S. The minimum atomic E-state index is -3.59. The molecule has 118 valence electrons. The van der Waals surface area contributed by atoms with E-state index in [1.54, 1.807) is 6.07 Å². The van der Waals surface area contributed by atoms with E-state index in [-0.39, 0.29) is 16.7 Å². The van der Waals surface area contributed by atoms with Gasteiger partial charge in [0.05, 0.1) is 7.11 Å². The molecule has 0 saturated carbocycles. The number of sulfonamides is 1. The van der Waals surface area contributed by atoms with Gasteiger partial charge in [0.15, 0.2) is 0 Å². The van der Waals surface area contributed by atoms with E-state index in [4.69, 9.17) is 16.3 Å². The van der Waals surface area contributed by atoms with E-state index in [2.05, 4.69) is 5.32 Å². The minimum Gasteiger partial charge on any atom is -0.495 e. The molecule has 0 amide bonds. The molecule has 0 spiro atoms. The summed E-state index contributed by atoms with van der Waals surface area (Å²) in [4.78, 5) is 0.161. The first-order valence-corrected chi connectivity index (χ1v) is 8.88. The number of benzene rings is 1. The van der Waals surface area contributed by atoms with E-state index in [1.807, 2.05) is 6.92 Å². The first kappa shape index (κ1) is 16.5. The van der Waals surface area contributed by atoms with Crippen LogP contribution in [0.1, 0.15) is 19.8 Å². The number of nitrogens with zero attached hydrogens (tertiary/aromatic N) is 1. The molecule has 1 aromatic rings. The highest BCUT2D eigenvalue weighted by Crippen LogP contribution is 2.29. The molecule has 1 fully saturated rings. The van der Waals surface area contributed by atoms with Crippen LogP contribution in [0.3, 0.4) is 0 Å². The van der Waals surface area contributed by atoms with Gasteiger partial charge in [0, 0.05) is 30.2 Å². The van der Waals surface area contributed by atoms with Gasteiger partial charge in [0.25, 0.3) is 0 Å². The maximum atomic E-state index is 12.8. The highest BCUT2D eigenvalue weighted by atomic mass is 35.5. The Morgan fingerprint density at radius 2 is 2.24 bits per heavy atom. The standard InChI is InChI=1S/C14H21ClN2O3S/c1-3-17(10-12-5-4-8-16-12)21(18,19)14-7-6-11(15)9-13(14)20-2/h6-7,9,12,16H,3-5,8,10H2,1-2H3. The fraction of sp³-hybridized carbons (Fsp3) is 0.571. The summed E-state index contributed by atoms with van der Waals surface area (Å²) in [6, 6.07) is 4.81. The van der Waals surface area contributed by atoms with E-state index in [0.717, 1.165) is 19.4 Å². The van der Waals surface area contributed by atoms with E-state index < -0.39 is 10.0 Å². The van der Waals surface area contributed by atoms with Crippen LogP contribution in [0.4, 0.5) is 0 Å². The van der Waals surface area contributed by atoms with Gasteiger partial charge in [-0.05, 0) is 31.5 Å². The van der Waals surface area contributed by atoms with Crippen LogP contribution in [-0.2, 0) is 10.0 Å². The summed E-state index contributed by atoms with van der Waals surface area (Å²) in [6.07, 6.45) is 2.09. The summed E-state index contributed by atoms with van der Waals surface area (Å²) >= 11 is 5.90. The lowest BCUT2D eigenvalue weighted by atomic mass is 10.2. The fourth-order valence-electron chi connectivity index (χ4n) is 2.55. The molecule has 0 aromatic heterocycles. The summed E-state index contributed by atoms with van der Waals surface area (Å²) in [5.74, 6) is 0.278. The van der Waals surface area contributed by atoms with Crippen molar-refractivity contribution in [1.82, 2.24) is 9.62 Å². The number of ether oxygens (including phenoxy) is 1. The van der Waals surface area contributed by atoms with Crippen molar-refractivity contribution < 1.29 is 13.2 Å². The molecule has 2 rings (SSSR count). The van der Waals surface area contributed by atoms with Crippen LogP contribution >= 0.6 is 11.6 Å². The second-order valence-corrected chi connectivity index (χ2v) is 7.39. The molecule has 0 radical (unpaired) electrons. The average molecular weight is 333 g/mol. The van der Waals surface area contributed by atoms with E-state index in [1.165, 1.54) is 23.5 Å². The lowest BCUT2D eigenvalue weighted by Crippen LogP contribution is -2.41. The molecule has 1 saturated heterocycles. The van der Waals surface area contributed by atoms with Gasteiger partial charge < -0.3 is 10.1 Å². The van der Waals surface area contributed by atoms with Crippen molar-refractivity contribution in [2.24, 2.45) is 0 Å². The van der Waals surface area contributed by atoms with Crippen molar-refractivity contribution >= 4 is 21.6 Å². The lowest BCUT2D eigenvalue weighted by Gasteiger charge is -2.24. The van der Waals surface area contributed by atoms with Crippen molar-refractivity contribution in [2.75, 3.05) is 26.7 Å². The molecule has 1 atom stereocenters.